The van der Waals surface area contributed by atoms with Crippen LogP contribution in [0.3, 0.4) is 0 Å². The summed E-state index contributed by atoms with van der Waals surface area (Å²) in [6, 6.07) is 36.6. The van der Waals surface area contributed by atoms with Crippen molar-refractivity contribution in [2.75, 3.05) is 0 Å². The van der Waals surface area contributed by atoms with E-state index in [2.05, 4.69) is 0 Å². The molecule has 0 radical (unpaired) electrons. The molecular weight excluding hydrogens is 713 g/mol. The number of aryl methyl sites for hydroxylation is 2. The first-order valence-electron chi connectivity index (χ1n) is 16.4. The molecule has 0 spiro atoms. The molecule has 10 nitrogen and oxygen atoms in total. The lowest BCUT2D eigenvalue weighted by atomic mass is 10.1. The van der Waals surface area contributed by atoms with Gasteiger partial charge in [-0.05, 0) is 129 Å². The quantitative estimate of drug-likeness (QED) is 0.129. The molecule has 53 heavy (non-hydrogen) atoms. The number of fused-ring (bicyclic) bond motifs is 1. The first kappa shape index (κ1) is 35.2. The third-order valence-electron chi connectivity index (χ3n) is 8.76. The molecule has 1 aromatic heterocycles. The van der Waals surface area contributed by atoms with Crippen LogP contribution in [0.25, 0.3) is 16.7 Å². The van der Waals surface area contributed by atoms with Gasteiger partial charge in [-0.1, -0.05) is 29.8 Å². The molecule has 266 valence electrons. The predicted octanol–water partition coefficient (Wildman–Crippen LogP) is 8.09. The van der Waals surface area contributed by atoms with Gasteiger partial charge in [-0.3, -0.25) is 13.9 Å². The highest BCUT2D eigenvalue weighted by Crippen LogP contribution is 2.33. The van der Waals surface area contributed by atoms with Gasteiger partial charge in [-0.2, -0.15) is 0 Å². The Hall–Kier alpha value is -6.24. The van der Waals surface area contributed by atoms with Gasteiger partial charge >= 0.3 is 5.69 Å². The summed E-state index contributed by atoms with van der Waals surface area (Å²) in [6.07, 6.45) is 0. The smallest absolute Gasteiger partial charge is 0.333 e. The Bertz CT molecular complexity index is 2790. The van der Waals surface area contributed by atoms with Crippen LogP contribution in [0.15, 0.2) is 164 Å². The van der Waals surface area contributed by atoms with Crippen molar-refractivity contribution in [3.05, 3.63) is 161 Å². The lowest BCUT2D eigenvalue weighted by Crippen LogP contribution is -2.20. The number of carbonyl (C=O) groups excluding carboxylic acids is 1. The number of rotatable bonds is 10. The molecule has 0 saturated heterocycles. The summed E-state index contributed by atoms with van der Waals surface area (Å²) in [4.78, 5) is 25.9. The molecule has 0 amide bonds. The molecule has 6 aromatic carbocycles. The predicted molar refractivity (Wildman–Crippen MR) is 200 cm³/mol. The minimum Gasteiger partial charge on any atom is -0.457 e. The topological polar surface area (TPSA) is 131 Å². The second-order valence-corrected chi connectivity index (χ2v) is 16.2. The normalized spacial score (nSPS) is 11.8. The summed E-state index contributed by atoms with van der Waals surface area (Å²) < 4.78 is 68.1. The van der Waals surface area contributed by atoms with E-state index in [0.29, 0.717) is 28.5 Å². The number of ether oxygens (including phenoxy) is 2. The fourth-order valence-electron chi connectivity index (χ4n) is 5.88. The van der Waals surface area contributed by atoms with Crippen LogP contribution < -0.4 is 15.2 Å². The molecule has 0 saturated carbocycles. The zero-order chi connectivity index (χ0) is 37.5. The van der Waals surface area contributed by atoms with E-state index < -0.39 is 19.7 Å². The van der Waals surface area contributed by atoms with Gasteiger partial charge in [0.05, 0.1) is 41.9 Å². The largest absolute Gasteiger partial charge is 0.457 e. The Kier molecular flexibility index (Phi) is 9.10. The van der Waals surface area contributed by atoms with Crippen molar-refractivity contribution >= 4 is 36.5 Å². The molecule has 12 heteroatoms. The van der Waals surface area contributed by atoms with Crippen LogP contribution in [0, 0.1) is 6.92 Å². The van der Waals surface area contributed by atoms with E-state index in [0.717, 1.165) is 11.1 Å². The standard InChI is InChI=1S/C41H32N2O8S2/c1-27-8-17-33(18-9-27)52(46,47)36-23-14-31(15-24-36)51-40-25-16-32(26-37(40)28(2)44)50-30-12-21-35(22-13-30)53(48,49)34-19-10-29(11-20-34)43-39-7-5-4-6-38(39)42(3)41(43)45/h4-26H,1-3H3. The highest BCUT2D eigenvalue weighted by molar-refractivity contribution is 7.91. The zero-order valence-corrected chi connectivity index (χ0v) is 30.4. The van der Waals surface area contributed by atoms with Crippen molar-refractivity contribution in [3.8, 4) is 28.7 Å². The van der Waals surface area contributed by atoms with Gasteiger partial charge in [0.15, 0.2) is 5.78 Å². The van der Waals surface area contributed by atoms with E-state index in [1.807, 2.05) is 31.2 Å². The second kappa shape index (κ2) is 13.7. The summed E-state index contributed by atoms with van der Waals surface area (Å²) >= 11 is 0. The molecule has 0 N–H and O–H groups in total. The van der Waals surface area contributed by atoms with Gasteiger partial charge in [0, 0.05) is 7.05 Å². The third-order valence-corrected chi connectivity index (χ3v) is 12.3. The van der Waals surface area contributed by atoms with Gasteiger partial charge < -0.3 is 9.47 Å². The van der Waals surface area contributed by atoms with E-state index in [4.69, 9.17) is 9.47 Å². The van der Waals surface area contributed by atoms with Crippen molar-refractivity contribution in [2.45, 2.75) is 33.4 Å². The number of para-hydroxylation sites is 2. The Balaban J connectivity index is 1.05. The lowest BCUT2D eigenvalue weighted by Gasteiger charge is -2.13. The van der Waals surface area contributed by atoms with E-state index in [1.165, 1.54) is 82.8 Å². The van der Waals surface area contributed by atoms with Gasteiger partial charge in [0.25, 0.3) is 0 Å². The SMILES string of the molecule is CC(=O)c1cc(Oc2ccc(S(=O)(=O)c3ccc(-n4c(=O)n(C)c5ccccc54)cc3)cc2)ccc1Oc1ccc(S(=O)(=O)c2ccc(C)cc2)cc1. The molecule has 7 aromatic rings. The van der Waals surface area contributed by atoms with Gasteiger partial charge in [0.1, 0.15) is 23.0 Å². The molecule has 0 aliphatic carbocycles. The van der Waals surface area contributed by atoms with Gasteiger partial charge in [-0.15, -0.1) is 0 Å². The van der Waals surface area contributed by atoms with Crippen LogP contribution in [-0.2, 0) is 26.7 Å². The number of Topliss-reactive ketones (excluding diaryl/α,β-unsaturated/α-hetero) is 1. The monoisotopic (exact) mass is 744 g/mol. The Morgan fingerprint density at radius 1 is 0.566 bits per heavy atom. The number of hydrogen-bond acceptors (Lipinski definition) is 8. The highest BCUT2D eigenvalue weighted by atomic mass is 32.2. The summed E-state index contributed by atoms with van der Waals surface area (Å²) in [6.45, 7) is 3.26. The fraction of sp³-hybridized carbons (Fsp3) is 0.0732. The number of imidazole rings is 1. The van der Waals surface area contributed by atoms with Crippen LogP contribution in [0.2, 0.25) is 0 Å². The Labute approximate surface area is 306 Å². The van der Waals surface area contributed by atoms with Gasteiger partial charge in [-0.25, -0.2) is 21.6 Å². The maximum atomic E-state index is 13.5. The molecule has 0 bridgehead atoms. The van der Waals surface area contributed by atoms with Crippen LogP contribution >= 0.6 is 0 Å². The van der Waals surface area contributed by atoms with Crippen LogP contribution in [0.4, 0.5) is 0 Å². The highest BCUT2D eigenvalue weighted by Gasteiger charge is 2.21. The number of nitrogens with zero attached hydrogens (tertiary/aromatic N) is 2. The summed E-state index contributed by atoms with van der Waals surface area (Å²) in [5.41, 5.74) is 2.95. The number of benzene rings is 6. The first-order valence-corrected chi connectivity index (χ1v) is 19.3. The fourth-order valence-corrected chi connectivity index (χ4v) is 8.40. The number of aromatic nitrogens is 2. The lowest BCUT2D eigenvalue weighted by molar-refractivity contribution is 0.101. The second-order valence-electron chi connectivity index (χ2n) is 12.3. The summed E-state index contributed by atoms with van der Waals surface area (Å²) in [7, 11) is -5.93. The zero-order valence-electron chi connectivity index (χ0n) is 28.8. The Morgan fingerprint density at radius 3 is 1.55 bits per heavy atom. The van der Waals surface area contributed by atoms with Crippen LogP contribution in [-0.4, -0.2) is 31.8 Å². The number of hydrogen-bond donors (Lipinski definition) is 0. The molecule has 1 heterocycles. The first-order chi connectivity index (χ1) is 25.3. The van der Waals surface area contributed by atoms with E-state index in [1.54, 1.807) is 55.6 Å². The average Bonchev–Trinajstić information content (AvgIpc) is 3.41. The molecular formula is C41H32N2O8S2. The number of sulfone groups is 2. The molecule has 7 rings (SSSR count). The molecule has 0 atom stereocenters. The Morgan fingerprint density at radius 2 is 1.02 bits per heavy atom. The molecule has 0 aliphatic heterocycles. The van der Waals surface area contributed by atoms with E-state index in [-0.39, 0.29) is 42.4 Å². The number of ketones is 1. The average molecular weight is 745 g/mol. The molecule has 0 unspecified atom stereocenters. The van der Waals surface area contributed by atoms with Crippen LogP contribution in [0.5, 0.6) is 23.0 Å². The van der Waals surface area contributed by atoms with E-state index >= 15 is 0 Å². The summed E-state index contributed by atoms with van der Waals surface area (Å²) in [5.74, 6) is 0.941. The van der Waals surface area contributed by atoms with Gasteiger partial charge in [0.2, 0.25) is 19.7 Å². The number of carbonyl (C=O) groups is 1. The minimum absolute atomic E-state index is 0.0470. The molecule has 0 aliphatic rings. The van der Waals surface area contributed by atoms with Crippen LogP contribution in [0.1, 0.15) is 22.8 Å². The van der Waals surface area contributed by atoms with Crippen molar-refractivity contribution in [1.82, 2.24) is 9.13 Å². The molecule has 0 fully saturated rings. The van der Waals surface area contributed by atoms with Crippen molar-refractivity contribution in [1.29, 1.82) is 0 Å². The van der Waals surface area contributed by atoms with Crippen molar-refractivity contribution in [2.24, 2.45) is 7.05 Å². The minimum atomic E-state index is -3.90. The van der Waals surface area contributed by atoms with Crippen molar-refractivity contribution in [3.63, 3.8) is 0 Å². The maximum absolute atomic E-state index is 13.5. The van der Waals surface area contributed by atoms with Crippen molar-refractivity contribution < 1.29 is 31.1 Å². The maximum Gasteiger partial charge on any atom is 0.333 e. The third kappa shape index (κ3) is 6.77. The van der Waals surface area contributed by atoms with E-state index in [9.17, 15) is 26.4 Å². The summed E-state index contributed by atoms with van der Waals surface area (Å²) in [5, 5.41) is 0.